The molecule has 2 aromatic rings. The van der Waals surface area contributed by atoms with Crippen LogP contribution in [0.25, 0.3) is 5.57 Å². The summed E-state index contributed by atoms with van der Waals surface area (Å²) < 4.78 is 3.81. The third-order valence-corrected chi connectivity index (χ3v) is 5.42. The number of anilines is 1. The molecule has 1 aliphatic carbocycles. The highest BCUT2D eigenvalue weighted by molar-refractivity contribution is 7.81. The van der Waals surface area contributed by atoms with Gasteiger partial charge in [-0.15, -0.1) is 0 Å². The highest BCUT2D eigenvalue weighted by Gasteiger charge is 2.31. The fourth-order valence-corrected chi connectivity index (χ4v) is 4.14. The van der Waals surface area contributed by atoms with E-state index in [2.05, 4.69) is 43.2 Å². The van der Waals surface area contributed by atoms with Gasteiger partial charge in [0.05, 0.1) is 6.20 Å². The van der Waals surface area contributed by atoms with E-state index >= 15 is 0 Å². The van der Waals surface area contributed by atoms with E-state index in [4.69, 9.17) is 4.98 Å². The van der Waals surface area contributed by atoms with Crippen molar-refractivity contribution in [2.45, 2.75) is 32.1 Å². The number of fused-ring (bicyclic) bond motifs is 1. The predicted molar refractivity (Wildman–Crippen MR) is 96.6 cm³/mol. The summed E-state index contributed by atoms with van der Waals surface area (Å²) in [4.78, 5) is 4.71. The summed E-state index contributed by atoms with van der Waals surface area (Å²) in [5.41, 5.74) is 5.22. The molecule has 0 aromatic carbocycles. The second kappa shape index (κ2) is 5.71. The molecule has 0 spiro atoms. The molecule has 120 valence electrons. The number of nitrogens with zero attached hydrogens (tertiary/aromatic N) is 4. The van der Waals surface area contributed by atoms with Gasteiger partial charge in [-0.1, -0.05) is 25.8 Å². The molecular weight excluding hydrogens is 304 g/mol. The zero-order valence-corrected chi connectivity index (χ0v) is 14.5. The standard InChI is InChI=1S/C18H22N4S/c1-12-5-3-4-6-15(12)13-7-16-17(14-9-20-21(2)10-14)11-22(23)18(16)19-8-13/h6-10,12,17,23H,3-5,11H2,1-2H3. The van der Waals surface area contributed by atoms with E-state index in [1.54, 1.807) is 0 Å². The van der Waals surface area contributed by atoms with Crippen LogP contribution in [0.15, 0.2) is 30.7 Å². The van der Waals surface area contributed by atoms with Crippen LogP contribution in [-0.4, -0.2) is 21.3 Å². The molecule has 23 heavy (non-hydrogen) atoms. The van der Waals surface area contributed by atoms with E-state index < -0.39 is 0 Å². The Bertz CT molecular complexity index is 764. The second-order valence-corrected chi connectivity index (χ2v) is 7.19. The van der Waals surface area contributed by atoms with Gasteiger partial charge in [0, 0.05) is 37.5 Å². The van der Waals surface area contributed by atoms with Gasteiger partial charge in [0.25, 0.3) is 0 Å². The topological polar surface area (TPSA) is 34.0 Å². The zero-order chi connectivity index (χ0) is 16.0. The summed E-state index contributed by atoms with van der Waals surface area (Å²) in [7, 11) is 1.96. The Morgan fingerprint density at radius 1 is 1.30 bits per heavy atom. The van der Waals surface area contributed by atoms with Gasteiger partial charge in [-0.3, -0.25) is 4.68 Å². The Morgan fingerprint density at radius 3 is 2.91 bits per heavy atom. The first-order valence-corrected chi connectivity index (χ1v) is 8.69. The molecule has 0 saturated carbocycles. The minimum Gasteiger partial charge on any atom is -0.302 e. The molecule has 2 aromatic heterocycles. The molecule has 3 heterocycles. The molecule has 2 aliphatic rings. The van der Waals surface area contributed by atoms with Gasteiger partial charge in [-0.2, -0.15) is 5.10 Å². The number of rotatable bonds is 2. The van der Waals surface area contributed by atoms with Crippen LogP contribution in [0.4, 0.5) is 5.82 Å². The number of aromatic nitrogens is 3. The molecule has 1 aliphatic heterocycles. The lowest BCUT2D eigenvalue weighted by molar-refractivity contribution is 0.601. The van der Waals surface area contributed by atoms with Crippen LogP contribution in [0.3, 0.4) is 0 Å². The fourth-order valence-electron chi connectivity index (χ4n) is 3.81. The molecule has 5 heteroatoms. The molecular formula is C18H22N4S. The average molecular weight is 326 g/mol. The van der Waals surface area contributed by atoms with Crippen molar-refractivity contribution >= 4 is 24.2 Å². The molecule has 4 nitrogen and oxygen atoms in total. The summed E-state index contributed by atoms with van der Waals surface area (Å²) in [6.07, 6.45) is 12.2. The first kappa shape index (κ1) is 14.8. The maximum absolute atomic E-state index is 4.71. The smallest absolute Gasteiger partial charge is 0.142 e. The highest BCUT2D eigenvalue weighted by atomic mass is 32.1. The third kappa shape index (κ3) is 2.57. The van der Waals surface area contributed by atoms with Crippen molar-refractivity contribution < 1.29 is 0 Å². The fraction of sp³-hybridized carbons (Fsp3) is 0.444. The van der Waals surface area contributed by atoms with Crippen molar-refractivity contribution in [1.29, 1.82) is 0 Å². The summed E-state index contributed by atoms with van der Waals surface area (Å²) >= 11 is 4.60. The Morgan fingerprint density at radius 2 is 2.17 bits per heavy atom. The van der Waals surface area contributed by atoms with Crippen LogP contribution in [0.5, 0.6) is 0 Å². The summed E-state index contributed by atoms with van der Waals surface area (Å²) in [6, 6.07) is 2.32. The molecule has 0 saturated heterocycles. The van der Waals surface area contributed by atoms with E-state index in [-0.39, 0.29) is 0 Å². The van der Waals surface area contributed by atoms with Gasteiger partial charge in [0.15, 0.2) is 0 Å². The molecule has 4 rings (SSSR count). The lowest BCUT2D eigenvalue weighted by atomic mass is 9.84. The summed E-state index contributed by atoms with van der Waals surface area (Å²) in [5.74, 6) is 1.90. The number of allylic oxidation sites excluding steroid dienone is 2. The zero-order valence-electron chi connectivity index (χ0n) is 13.6. The third-order valence-electron chi connectivity index (χ3n) is 5.07. The molecule has 0 fully saturated rings. The lowest BCUT2D eigenvalue weighted by Crippen LogP contribution is -2.10. The maximum Gasteiger partial charge on any atom is 0.142 e. The van der Waals surface area contributed by atoms with Gasteiger partial charge in [-0.25, -0.2) is 4.98 Å². The molecule has 0 bridgehead atoms. The van der Waals surface area contributed by atoms with Crippen LogP contribution in [0, 0.1) is 5.92 Å². The van der Waals surface area contributed by atoms with Crippen LogP contribution in [0.2, 0.25) is 0 Å². The van der Waals surface area contributed by atoms with Crippen LogP contribution < -0.4 is 4.31 Å². The molecule has 0 amide bonds. The van der Waals surface area contributed by atoms with Crippen molar-refractivity contribution in [2.75, 3.05) is 10.8 Å². The molecule has 0 N–H and O–H groups in total. The van der Waals surface area contributed by atoms with Crippen molar-refractivity contribution in [1.82, 2.24) is 14.8 Å². The molecule has 2 unspecified atom stereocenters. The predicted octanol–water partition coefficient (Wildman–Crippen LogP) is 3.82. The van der Waals surface area contributed by atoms with Crippen molar-refractivity contribution in [3.8, 4) is 0 Å². The summed E-state index contributed by atoms with van der Waals surface area (Å²) in [5, 5.41) is 4.32. The van der Waals surface area contributed by atoms with Crippen LogP contribution in [0.1, 0.15) is 48.8 Å². The highest BCUT2D eigenvalue weighted by Crippen LogP contribution is 2.42. The van der Waals surface area contributed by atoms with Crippen LogP contribution in [-0.2, 0) is 7.05 Å². The number of hydrogen-bond acceptors (Lipinski definition) is 4. The Labute approximate surface area is 142 Å². The first-order valence-electron chi connectivity index (χ1n) is 8.29. The van der Waals surface area contributed by atoms with Gasteiger partial charge in [0.1, 0.15) is 5.82 Å². The van der Waals surface area contributed by atoms with Crippen molar-refractivity contribution in [3.05, 3.63) is 47.4 Å². The van der Waals surface area contributed by atoms with E-state index in [0.717, 1.165) is 12.4 Å². The maximum atomic E-state index is 4.71. The van der Waals surface area contributed by atoms with Gasteiger partial charge in [-0.05, 0) is 47.9 Å². The number of pyridine rings is 1. The second-order valence-electron chi connectivity index (χ2n) is 6.71. The quantitative estimate of drug-likeness (QED) is 0.852. The monoisotopic (exact) mass is 326 g/mol. The Kier molecular flexibility index (Phi) is 3.68. The molecule has 0 radical (unpaired) electrons. The van der Waals surface area contributed by atoms with Crippen molar-refractivity contribution in [3.63, 3.8) is 0 Å². The average Bonchev–Trinajstić information content (AvgIpc) is 3.11. The van der Waals surface area contributed by atoms with E-state index in [0.29, 0.717) is 11.8 Å². The van der Waals surface area contributed by atoms with E-state index in [1.807, 2.05) is 28.4 Å². The normalized spacial score (nSPS) is 23.8. The summed E-state index contributed by atoms with van der Waals surface area (Å²) in [6.45, 7) is 3.16. The SMILES string of the molecule is CC1CCCC=C1c1cnc2c(c1)C(c1cnn(C)c1)CN2S. The first-order chi connectivity index (χ1) is 11.1. The number of aryl methyl sites for hydroxylation is 1. The van der Waals surface area contributed by atoms with E-state index in [9.17, 15) is 0 Å². The Balaban J connectivity index is 1.76. The van der Waals surface area contributed by atoms with Gasteiger partial charge < -0.3 is 4.31 Å². The minimum atomic E-state index is 0.295. The largest absolute Gasteiger partial charge is 0.302 e. The minimum absolute atomic E-state index is 0.295. The lowest BCUT2D eigenvalue weighted by Gasteiger charge is -2.21. The number of hydrogen-bond donors (Lipinski definition) is 1. The Hall–Kier alpha value is -1.75. The van der Waals surface area contributed by atoms with Crippen molar-refractivity contribution in [2.24, 2.45) is 13.0 Å². The van der Waals surface area contributed by atoms with Gasteiger partial charge in [0.2, 0.25) is 0 Å². The van der Waals surface area contributed by atoms with Gasteiger partial charge >= 0.3 is 0 Å². The number of thiol groups is 1. The molecule has 2 atom stereocenters. The van der Waals surface area contributed by atoms with Crippen LogP contribution >= 0.6 is 12.8 Å². The van der Waals surface area contributed by atoms with E-state index in [1.165, 1.54) is 41.5 Å².